The van der Waals surface area contributed by atoms with Gasteiger partial charge in [-0.2, -0.15) is 0 Å². The molecule has 35 heavy (non-hydrogen) atoms. The normalized spacial score (nSPS) is 15.0. The minimum Gasteiger partial charge on any atom is -0.383 e. The van der Waals surface area contributed by atoms with Crippen molar-refractivity contribution < 1.29 is 4.79 Å². The smallest absolute Gasteiger partial charge is 0.273 e. The van der Waals surface area contributed by atoms with Crippen molar-refractivity contribution in [1.82, 2.24) is 19.9 Å². The Kier molecular flexibility index (Phi) is 8.22. The highest BCUT2D eigenvalue weighted by atomic mass is 35.5. The summed E-state index contributed by atoms with van der Waals surface area (Å²) in [5.74, 6) is -0.899. The molecule has 5 rings (SSSR count). The summed E-state index contributed by atoms with van der Waals surface area (Å²) in [6, 6.07) is 6.76. The summed E-state index contributed by atoms with van der Waals surface area (Å²) in [5, 5.41) is 6.40. The maximum Gasteiger partial charge on any atom is 0.273 e. The Labute approximate surface area is 213 Å². The minimum absolute atomic E-state index is 0.197. The zero-order valence-corrected chi connectivity index (χ0v) is 20.6. The number of hydrogen-bond acceptors (Lipinski definition) is 7. The molecular formula is C24H27Cl2N7O2. The van der Waals surface area contributed by atoms with Crippen LogP contribution in [0.25, 0.3) is 5.69 Å². The number of rotatable bonds is 4. The molecule has 0 spiro atoms. The first-order chi connectivity index (χ1) is 17.0. The van der Waals surface area contributed by atoms with E-state index in [1.165, 1.54) is 44.9 Å². The molecule has 4 N–H and O–H groups in total. The van der Waals surface area contributed by atoms with E-state index in [4.69, 9.17) is 28.9 Å². The molecule has 2 aliphatic heterocycles. The van der Waals surface area contributed by atoms with Crippen LogP contribution >= 0.6 is 23.2 Å². The molecule has 9 nitrogen and oxygen atoms in total. The van der Waals surface area contributed by atoms with Gasteiger partial charge in [0.05, 0.1) is 27.6 Å². The van der Waals surface area contributed by atoms with Crippen LogP contribution in [0.5, 0.6) is 0 Å². The third kappa shape index (κ3) is 5.93. The lowest BCUT2D eigenvalue weighted by Gasteiger charge is -2.33. The molecule has 0 atom stereocenters. The number of amides is 1. The van der Waals surface area contributed by atoms with Gasteiger partial charge >= 0.3 is 0 Å². The lowest BCUT2D eigenvalue weighted by Crippen LogP contribution is -2.37. The van der Waals surface area contributed by atoms with Crippen molar-refractivity contribution in [1.29, 1.82) is 0 Å². The van der Waals surface area contributed by atoms with Crippen LogP contribution in [0.15, 0.2) is 47.8 Å². The molecule has 2 saturated heterocycles. The van der Waals surface area contributed by atoms with Crippen LogP contribution in [0, 0.1) is 0 Å². The zero-order valence-electron chi connectivity index (χ0n) is 19.1. The van der Waals surface area contributed by atoms with Gasteiger partial charge in [-0.3, -0.25) is 19.1 Å². The number of benzene rings is 1. The largest absolute Gasteiger partial charge is 0.383 e. The summed E-state index contributed by atoms with van der Waals surface area (Å²) >= 11 is 12.9. The molecule has 184 valence electrons. The number of nitrogens with zero attached hydrogens (tertiary/aromatic N) is 4. The lowest BCUT2D eigenvalue weighted by atomic mass is 10.1. The first-order valence-electron chi connectivity index (χ1n) is 11.5. The summed E-state index contributed by atoms with van der Waals surface area (Å²) < 4.78 is 1.12. The van der Waals surface area contributed by atoms with E-state index in [1.54, 1.807) is 30.5 Å². The van der Waals surface area contributed by atoms with Gasteiger partial charge in [-0.05, 0) is 56.6 Å². The van der Waals surface area contributed by atoms with Gasteiger partial charge in [-0.25, -0.2) is 4.98 Å². The fourth-order valence-corrected chi connectivity index (χ4v) is 4.47. The van der Waals surface area contributed by atoms with Gasteiger partial charge in [-0.1, -0.05) is 29.6 Å². The highest BCUT2D eigenvalue weighted by Crippen LogP contribution is 2.34. The average Bonchev–Trinajstić information content (AvgIpc) is 2.81. The fraction of sp³-hybridized carbons (Fsp3) is 0.333. The molecule has 1 amide bonds. The SMILES string of the molecule is C1CCNCC1.Nc1ncn(-c2c(Cl)cc(N3CCC3)cc2Cl)c(=O)c1C(=O)Nc1cccnc1. The Bertz CT molecular complexity index is 1210. The van der Waals surface area contributed by atoms with Crippen molar-refractivity contribution in [2.75, 3.05) is 42.1 Å². The summed E-state index contributed by atoms with van der Waals surface area (Å²) in [6.45, 7) is 4.35. The molecule has 0 bridgehead atoms. The van der Waals surface area contributed by atoms with Crippen molar-refractivity contribution in [2.24, 2.45) is 0 Å². The molecule has 2 aromatic heterocycles. The van der Waals surface area contributed by atoms with Gasteiger partial charge in [0.15, 0.2) is 0 Å². The first kappa shape index (κ1) is 25.0. The molecule has 1 aromatic carbocycles. The molecule has 2 fully saturated rings. The number of piperidine rings is 1. The number of aromatic nitrogens is 3. The molecule has 11 heteroatoms. The average molecular weight is 516 g/mol. The van der Waals surface area contributed by atoms with E-state index < -0.39 is 11.5 Å². The Balaban J connectivity index is 0.000000421. The maximum atomic E-state index is 13.1. The molecular weight excluding hydrogens is 489 g/mol. The number of carbonyl (C=O) groups is 1. The number of nitrogens with one attached hydrogen (secondary N) is 2. The second kappa shape index (κ2) is 11.5. The predicted molar refractivity (Wildman–Crippen MR) is 140 cm³/mol. The second-order valence-corrected chi connectivity index (χ2v) is 9.10. The monoisotopic (exact) mass is 515 g/mol. The summed E-state index contributed by atoms with van der Waals surface area (Å²) in [6.07, 6.45) is 9.54. The molecule has 3 aromatic rings. The summed E-state index contributed by atoms with van der Waals surface area (Å²) in [4.78, 5) is 35.7. The van der Waals surface area contributed by atoms with Crippen molar-refractivity contribution >= 4 is 46.3 Å². The summed E-state index contributed by atoms with van der Waals surface area (Å²) in [5.41, 5.74) is 6.36. The van der Waals surface area contributed by atoms with Crippen LogP contribution in [-0.2, 0) is 0 Å². The van der Waals surface area contributed by atoms with Crippen molar-refractivity contribution in [2.45, 2.75) is 25.7 Å². The highest BCUT2D eigenvalue weighted by Gasteiger charge is 2.23. The second-order valence-electron chi connectivity index (χ2n) is 8.29. The number of nitrogens with two attached hydrogens (primary N) is 1. The lowest BCUT2D eigenvalue weighted by molar-refractivity contribution is 0.102. The molecule has 0 radical (unpaired) electrons. The number of carbonyl (C=O) groups excluding carboxylic acids is 1. The fourth-order valence-electron chi connectivity index (χ4n) is 3.81. The van der Waals surface area contributed by atoms with Crippen LogP contribution in [0.2, 0.25) is 10.0 Å². The van der Waals surface area contributed by atoms with Gasteiger partial charge < -0.3 is 21.3 Å². The van der Waals surface area contributed by atoms with Crippen molar-refractivity contribution in [3.63, 3.8) is 0 Å². The number of hydrogen-bond donors (Lipinski definition) is 3. The molecule has 0 unspecified atom stereocenters. The first-order valence-corrected chi connectivity index (χ1v) is 12.2. The Morgan fingerprint density at radius 2 is 1.80 bits per heavy atom. The Hall–Kier alpha value is -3.14. The minimum atomic E-state index is -0.702. The third-order valence-corrected chi connectivity index (χ3v) is 6.39. The van der Waals surface area contributed by atoms with Gasteiger partial charge in [0, 0.05) is 25.0 Å². The standard InChI is InChI=1S/C19H16Cl2N6O2.C5H11N/c20-13-7-12(26-5-2-6-26)8-14(21)16(13)27-10-24-17(22)15(19(27)29)18(28)25-11-3-1-4-23-9-11;1-2-4-6-5-3-1/h1,3-4,7-10H,2,5-6,22H2,(H,25,28);6H,1-5H2. The van der Waals surface area contributed by atoms with Crippen LogP contribution in [-0.4, -0.2) is 46.6 Å². The summed E-state index contributed by atoms with van der Waals surface area (Å²) in [7, 11) is 0. The van der Waals surface area contributed by atoms with Gasteiger partial charge in [0.25, 0.3) is 11.5 Å². The van der Waals surface area contributed by atoms with E-state index in [0.717, 1.165) is 29.8 Å². The van der Waals surface area contributed by atoms with E-state index in [9.17, 15) is 9.59 Å². The van der Waals surface area contributed by atoms with E-state index in [1.807, 2.05) is 0 Å². The van der Waals surface area contributed by atoms with Crippen LogP contribution in [0.3, 0.4) is 0 Å². The zero-order chi connectivity index (χ0) is 24.8. The van der Waals surface area contributed by atoms with E-state index in [0.29, 0.717) is 5.69 Å². The van der Waals surface area contributed by atoms with Gasteiger partial charge in [0.1, 0.15) is 17.7 Å². The van der Waals surface area contributed by atoms with Crippen molar-refractivity contribution in [3.8, 4) is 5.69 Å². The van der Waals surface area contributed by atoms with Gasteiger partial charge in [0.2, 0.25) is 0 Å². The number of anilines is 3. The van der Waals surface area contributed by atoms with E-state index in [2.05, 4.69) is 25.5 Å². The maximum absolute atomic E-state index is 13.1. The molecule has 0 aliphatic carbocycles. The molecule has 0 saturated carbocycles. The predicted octanol–water partition coefficient (Wildman–Crippen LogP) is 3.74. The molecule has 2 aliphatic rings. The Morgan fingerprint density at radius 3 is 2.31 bits per heavy atom. The number of halogens is 2. The third-order valence-electron chi connectivity index (χ3n) is 5.82. The molecule has 4 heterocycles. The topological polar surface area (TPSA) is 118 Å². The highest BCUT2D eigenvalue weighted by molar-refractivity contribution is 6.38. The number of pyridine rings is 1. The van der Waals surface area contributed by atoms with Crippen molar-refractivity contribution in [3.05, 3.63) is 68.9 Å². The van der Waals surface area contributed by atoms with E-state index in [-0.39, 0.29) is 27.1 Å². The Morgan fingerprint density at radius 1 is 1.09 bits per heavy atom. The van der Waals surface area contributed by atoms with E-state index >= 15 is 0 Å². The van der Waals surface area contributed by atoms with Crippen LogP contribution < -0.4 is 26.8 Å². The van der Waals surface area contributed by atoms with Crippen LogP contribution in [0.1, 0.15) is 36.0 Å². The van der Waals surface area contributed by atoms with Gasteiger partial charge in [-0.15, -0.1) is 0 Å². The van der Waals surface area contributed by atoms with Crippen LogP contribution in [0.4, 0.5) is 17.2 Å². The quantitative estimate of drug-likeness (QED) is 0.484. The number of nitrogen functional groups attached to an aromatic ring is 1.